The van der Waals surface area contributed by atoms with Crippen LogP contribution in [0.1, 0.15) is 20.8 Å². The van der Waals surface area contributed by atoms with Crippen LogP contribution in [0.4, 0.5) is 61.5 Å². The molecule has 0 aromatic carbocycles. The van der Waals surface area contributed by atoms with E-state index in [0.717, 1.165) is 0 Å². The van der Waals surface area contributed by atoms with Crippen molar-refractivity contribution in [1.82, 2.24) is 0 Å². The molecule has 0 heterocycles. The molecule has 0 saturated heterocycles. The van der Waals surface area contributed by atoms with Crippen LogP contribution in [0.2, 0.25) is 0 Å². The van der Waals surface area contributed by atoms with Gasteiger partial charge in [-0.1, -0.05) is 0 Å². The lowest BCUT2D eigenvalue weighted by Crippen LogP contribution is -2.69. The van der Waals surface area contributed by atoms with Gasteiger partial charge in [-0.3, -0.25) is 0 Å². The molecule has 4 nitrogen and oxygen atoms in total. The lowest BCUT2D eigenvalue weighted by Gasteiger charge is -2.42. The Hall–Kier alpha value is -1.11. The number of rotatable bonds is 8. The molecule has 0 aromatic heterocycles. The highest BCUT2D eigenvalue weighted by Gasteiger charge is 2.87. The minimum absolute atomic E-state index is 0.236. The van der Waals surface area contributed by atoms with Gasteiger partial charge in [0.25, 0.3) is 0 Å². The maximum Gasteiger partial charge on any atom is 0.485 e. The highest BCUT2D eigenvalue weighted by molar-refractivity contribution is 7.86. The Kier molecular flexibility index (Phi) is 9.95. The van der Waals surface area contributed by atoms with Gasteiger partial charge < -0.3 is 9.04 Å². The van der Waals surface area contributed by atoms with Crippen LogP contribution in [0.15, 0.2) is 0 Å². The lowest BCUT2D eigenvalue weighted by atomic mass is 9.97. The third-order valence-corrected chi connectivity index (χ3v) is 5.00. The first kappa shape index (κ1) is 33.1. The van der Waals surface area contributed by atoms with Gasteiger partial charge in [0, 0.05) is 0 Å². The fraction of sp³-hybridized carbons (Fsp3) is 1.00. The number of quaternary nitrogens is 1. The van der Waals surface area contributed by atoms with E-state index in [0.29, 0.717) is 0 Å². The van der Waals surface area contributed by atoms with E-state index in [2.05, 4.69) is 0 Å². The van der Waals surface area contributed by atoms with Crippen molar-refractivity contribution in [3.63, 3.8) is 0 Å². The molecule has 0 amide bonds. The molecular formula is C13H17F14NO3S. The van der Waals surface area contributed by atoms with Gasteiger partial charge in [-0.2, -0.15) is 61.5 Å². The lowest BCUT2D eigenvalue weighted by molar-refractivity contribution is -0.931. The van der Waals surface area contributed by atoms with E-state index in [-0.39, 0.29) is 19.6 Å². The van der Waals surface area contributed by atoms with E-state index < -0.39 is 56.5 Å². The van der Waals surface area contributed by atoms with Crippen molar-refractivity contribution in [3.05, 3.63) is 0 Å². The molecule has 0 aliphatic rings. The van der Waals surface area contributed by atoms with E-state index >= 15 is 0 Å². The fourth-order valence-corrected chi connectivity index (χ4v) is 2.13. The third kappa shape index (κ3) is 6.48. The highest BCUT2D eigenvalue weighted by Crippen LogP contribution is 2.57. The van der Waals surface area contributed by atoms with Gasteiger partial charge in [0.2, 0.25) is 0 Å². The normalized spacial score (nSPS) is 15.3. The molecular weight excluding hydrogens is 516 g/mol. The molecule has 19 heteroatoms. The molecule has 196 valence electrons. The third-order valence-electron chi connectivity index (χ3n) is 4.43. The largest absolute Gasteiger partial charge is 0.741 e. The summed E-state index contributed by atoms with van der Waals surface area (Å²) in [6.07, 6.45) is -7.12. The number of halogens is 14. The number of hydrogen-bond donors (Lipinski definition) is 0. The summed E-state index contributed by atoms with van der Waals surface area (Å²) in [4.78, 5) is 0. The van der Waals surface area contributed by atoms with Crippen molar-refractivity contribution >= 4 is 10.1 Å². The van der Waals surface area contributed by atoms with Crippen LogP contribution in [0.25, 0.3) is 0 Å². The standard InChI is InChI=1S/C12H17F11N.CHF3O3S/c1-4-24(5-2,6-3)7-8(13,14)9(15,16)10(17,18)11(19,20)12(21,22)23;2-1(3,4)8(5,6)7/h4-7H2,1-3H3;(H,5,6,7)/q+1;/p-1. The second-order valence-electron chi connectivity index (χ2n) is 6.27. The first-order chi connectivity index (χ1) is 13.6. The Labute approximate surface area is 172 Å². The predicted octanol–water partition coefficient (Wildman–Crippen LogP) is 5.02. The second kappa shape index (κ2) is 9.63. The molecule has 0 N–H and O–H groups in total. The van der Waals surface area contributed by atoms with E-state index in [1.54, 1.807) is 0 Å². The van der Waals surface area contributed by atoms with Crippen LogP contribution < -0.4 is 0 Å². The Morgan fingerprint density at radius 1 is 0.625 bits per heavy atom. The van der Waals surface area contributed by atoms with Crippen molar-refractivity contribution in [2.45, 2.75) is 56.1 Å². The zero-order chi connectivity index (χ0) is 26.8. The minimum atomic E-state index is -7.33. The summed E-state index contributed by atoms with van der Waals surface area (Å²) in [5, 5.41) is 0. The summed E-state index contributed by atoms with van der Waals surface area (Å²) in [6, 6.07) is 0. The Morgan fingerprint density at radius 2 is 0.906 bits per heavy atom. The number of alkyl halides is 14. The maximum absolute atomic E-state index is 13.7. The van der Waals surface area contributed by atoms with Gasteiger partial charge in [-0.05, 0) is 20.8 Å². The monoisotopic (exact) mass is 533 g/mol. The molecule has 0 aliphatic heterocycles. The Bertz CT molecular complexity index is 702. The van der Waals surface area contributed by atoms with Crippen molar-refractivity contribution < 1.29 is 78.9 Å². The summed E-state index contributed by atoms with van der Waals surface area (Å²) in [7, 11) is -6.09. The molecule has 0 bridgehead atoms. The topological polar surface area (TPSA) is 57.2 Å². The summed E-state index contributed by atoms with van der Waals surface area (Å²) in [6.45, 7) is 1.09. The van der Waals surface area contributed by atoms with E-state index in [4.69, 9.17) is 13.0 Å². The van der Waals surface area contributed by atoms with Gasteiger partial charge in [-0.15, -0.1) is 0 Å². The summed E-state index contributed by atoms with van der Waals surface area (Å²) >= 11 is 0. The molecule has 0 atom stereocenters. The Morgan fingerprint density at radius 3 is 1.09 bits per heavy atom. The summed E-state index contributed by atoms with van der Waals surface area (Å²) in [5.74, 6) is -27.4. The molecule has 0 saturated carbocycles. The smallest absolute Gasteiger partial charge is 0.485 e. The number of nitrogens with zero attached hydrogens (tertiary/aromatic N) is 1. The average Bonchev–Trinajstić information content (AvgIpc) is 2.57. The van der Waals surface area contributed by atoms with E-state index in [1.807, 2.05) is 0 Å². The zero-order valence-corrected chi connectivity index (χ0v) is 17.0. The van der Waals surface area contributed by atoms with E-state index in [9.17, 15) is 61.5 Å². The van der Waals surface area contributed by atoms with Crippen LogP contribution in [0.5, 0.6) is 0 Å². The second-order valence-corrected chi connectivity index (χ2v) is 7.64. The van der Waals surface area contributed by atoms with Crippen molar-refractivity contribution in [2.75, 3.05) is 26.2 Å². The maximum atomic E-state index is 13.7. The van der Waals surface area contributed by atoms with Crippen LogP contribution in [0, 0.1) is 0 Å². The molecule has 0 spiro atoms. The van der Waals surface area contributed by atoms with Crippen LogP contribution >= 0.6 is 0 Å². The minimum Gasteiger partial charge on any atom is -0.741 e. The summed E-state index contributed by atoms with van der Waals surface area (Å²) < 4.78 is 200. The first-order valence-electron chi connectivity index (χ1n) is 8.09. The van der Waals surface area contributed by atoms with E-state index in [1.165, 1.54) is 20.8 Å². The number of hydrogen-bond acceptors (Lipinski definition) is 3. The average molecular weight is 533 g/mol. The van der Waals surface area contributed by atoms with Crippen LogP contribution in [-0.2, 0) is 10.1 Å². The molecule has 0 aromatic rings. The van der Waals surface area contributed by atoms with Gasteiger partial charge >= 0.3 is 35.4 Å². The van der Waals surface area contributed by atoms with Crippen molar-refractivity contribution in [1.29, 1.82) is 0 Å². The molecule has 0 aliphatic carbocycles. The molecule has 0 unspecified atom stereocenters. The predicted molar refractivity (Wildman–Crippen MR) is 78.3 cm³/mol. The summed E-state index contributed by atoms with van der Waals surface area (Å²) in [5.41, 5.74) is -5.65. The highest BCUT2D eigenvalue weighted by atomic mass is 32.2. The first-order valence-corrected chi connectivity index (χ1v) is 9.50. The van der Waals surface area contributed by atoms with Gasteiger partial charge in [0.15, 0.2) is 10.1 Å². The van der Waals surface area contributed by atoms with Crippen LogP contribution in [-0.4, -0.2) is 79.0 Å². The quantitative estimate of drug-likeness (QED) is 0.191. The Balaban J connectivity index is 0. The fourth-order valence-electron chi connectivity index (χ4n) is 2.13. The zero-order valence-electron chi connectivity index (χ0n) is 16.2. The van der Waals surface area contributed by atoms with Gasteiger partial charge in [-0.25, -0.2) is 8.42 Å². The van der Waals surface area contributed by atoms with Crippen molar-refractivity contribution in [3.8, 4) is 0 Å². The van der Waals surface area contributed by atoms with Gasteiger partial charge in [0.05, 0.1) is 19.6 Å². The molecule has 32 heavy (non-hydrogen) atoms. The van der Waals surface area contributed by atoms with Gasteiger partial charge in [0.1, 0.15) is 6.54 Å². The van der Waals surface area contributed by atoms with Crippen molar-refractivity contribution in [2.24, 2.45) is 0 Å². The van der Waals surface area contributed by atoms with Crippen LogP contribution in [0.3, 0.4) is 0 Å². The SMILES string of the molecule is CC[N+](CC)(CC)CC(F)(F)C(F)(F)C(F)(F)C(F)(F)C(F)(F)F.O=S(=O)([O-])C(F)(F)F. The molecule has 0 radical (unpaired) electrons. The molecule has 0 rings (SSSR count). The molecule has 0 fully saturated rings.